The van der Waals surface area contributed by atoms with E-state index in [9.17, 15) is 0 Å². The highest BCUT2D eigenvalue weighted by molar-refractivity contribution is 7.09. The van der Waals surface area contributed by atoms with Crippen molar-refractivity contribution in [1.29, 1.82) is 0 Å². The molecule has 0 saturated heterocycles. The van der Waals surface area contributed by atoms with Crippen LogP contribution in [0.5, 0.6) is 0 Å². The predicted molar refractivity (Wildman–Crippen MR) is 56.0 cm³/mol. The molecular weight excluding hydrogens is 184 g/mol. The lowest BCUT2D eigenvalue weighted by atomic mass is 10.2. The van der Waals surface area contributed by atoms with Gasteiger partial charge in [0.1, 0.15) is 6.33 Å². The highest BCUT2D eigenvalue weighted by Crippen LogP contribution is 2.15. The van der Waals surface area contributed by atoms with Gasteiger partial charge in [0.15, 0.2) is 0 Å². The first-order chi connectivity index (χ1) is 6.24. The fourth-order valence-corrected chi connectivity index (χ4v) is 1.73. The van der Waals surface area contributed by atoms with Crippen LogP contribution in [0.15, 0.2) is 6.33 Å². The lowest BCUT2D eigenvalue weighted by Gasteiger charge is -2.22. The maximum atomic E-state index is 5.53. The van der Waals surface area contributed by atoms with E-state index < -0.39 is 0 Å². The fraction of sp³-hybridized carbons (Fsp3) is 0.750. The standard InChI is InChI=1S/C8H16N4S/c1-7(2)5-12(4-3-9)8-10-6-11-13-8/h6-7H,3-5,9H2,1-2H3. The average molecular weight is 200 g/mol. The lowest BCUT2D eigenvalue weighted by molar-refractivity contribution is 0.611. The first-order valence-corrected chi connectivity index (χ1v) is 5.23. The lowest BCUT2D eigenvalue weighted by Crippen LogP contribution is -2.32. The van der Waals surface area contributed by atoms with Crippen LogP contribution in [0.4, 0.5) is 5.13 Å². The molecule has 0 atom stereocenters. The van der Waals surface area contributed by atoms with Crippen LogP contribution in [0.25, 0.3) is 0 Å². The number of hydrogen-bond donors (Lipinski definition) is 1. The van der Waals surface area contributed by atoms with Crippen LogP contribution in [0.1, 0.15) is 13.8 Å². The van der Waals surface area contributed by atoms with E-state index >= 15 is 0 Å². The van der Waals surface area contributed by atoms with Gasteiger partial charge in [-0.25, -0.2) is 4.98 Å². The summed E-state index contributed by atoms with van der Waals surface area (Å²) < 4.78 is 3.98. The van der Waals surface area contributed by atoms with Crippen LogP contribution in [-0.2, 0) is 0 Å². The Hall–Kier alpha value is -0.680. The SMILES string of the molecule is CC(C)CN(CCN)c1ncns1. The number of anilines is 1. The van der Waals surface area contributed by atoms with E-state index in [-0.39, 0.29) is 0 Å². The minimum atomic E-state index is 0.621. The van der Waals surface area contributed by atoms with Gasteiger partial charge in [-0.15, -0.1) is 0 Å². The average Bonchev–Trinajstić information content (AvgIpc) is 2.54. The molecule has 0 aliphatic carbocycles. The molecule has 0 fully saturated rings. The third-order valence-electron chi connectivity index (χ3n) is 1.60. The molecule has 1 rings (SSSR count). The number of hydrogen-bond acceptors (Lipinski definition) is 5. The van der Waals surface area contributed by atoms with Crippen molar-refractivity contribution in [2.75, 3.05) is 24.5 Å². The molecular formula is C8H16N4S. The van der Waals surface area contributed by atoms with E-state index in [0.717, 1.165) is 18.2 Å². The van der Waals surface area contributed by atoms with E-state index in [1.807, 2.05) is 0 Å². The molecule has 4 nitrogen and oxygen atoms in total. The van der Waals surface area contributed by atoms with Crippen LogP contribution >= 0.6 is 11.5 Å². The smallest absolute Gasteiger partial charge is 0.204 e. The Morgan fingerprint density at radius 3 is 2.85 bits per heavy atom. The summed E-state index contributed by atoms with van der Waals surface area (Å²) in [6.45, 7) is 6.88. The Bertz CT molecular complexity index is 222. The van der Waals surface area contributed by atoms with Gasteiger partial charge in [-0.3, -0.25) is 0 Å². The highest BCUT2D eigenvalue weighted by atomic mass is 32.1. The zero-order valence-corrected chi connectivity index (χ0v) is 8.92. The van der Waals surface area contributed by atoms with Gasteiger partial charge < -0.3 is 10.6 Å². The van der Waals surface area contributed by atoms with E-state index in [4.69, 9.17) is 5.73 Å². The van der Waals surface area contributed by atoms with E-state index in [0.29, 0.717) is 12.5 Å². The highest BCUT2D eigenvalue weighted by Gasteiger charge is 2.09. The Morgan fingerprint density at radius 1 is 1.62 bits per heavy atom. The summed E-state index contributed by atoms with van der Waals surface area (Å²) in [5.41, 5.74) is 5.53. The molecule has 0 aromatic carbocycles. The van der Waals surface area contributed by atoms with Gasteiger partial charge in [0.25, 0.3) is 0 Å². The second-order valence-corrected chi connectivity index (χ2v) is 4.11. The summed E-state index contributed by atoms with van der Waals surface area (Å²) in [7, 11) is 0. The quantitative estimate of drug-likeness (QED) is 0.769. The zero-order valence-electron chi connectivity index (χ0n) is 8.10. The van der Waals surface area contributed by atoms with Crippen LogP contribution in [0.3, 0.4) is 0 Å². The molecule has 5 heteroatoms. The third kappa shape index (κ3) is 3.28. The number of aromatic nitrogens is 2. The van der Waals surface area contributed by atoms with Gasteiger partial charge in [-0.05, 0) is 5.92 Å². The van der Waals surface area contributed by atoms with Crippen molar-refractivity contribution in [3.8, 4) is 0 Å². The van der Waals surface area contributed by atoms with E-state index in [2.05, 4.69) is 28.1 Å². The van der Waals surface area contributed by atoms with Crippen molar-refractivity contribution in [1.82, 2.24) is 9.36 Å². The summed E-state index contributed by atoms with van der Waals surface area (Å²) in [6.07, 6.45) is 1.59. The molecule has 0 unspecified atom stereocenters. The van der Waals surface area contributed by atoms with Crippen molar-refractivity contribution in [3.63, 3.8) is 0 Å². The summed E-state index contributed by atoms with van der Waals surface area (Å²) in [5.74, 6) is 0.621. The molecule has 1 heterocycles. The molecule has 1 aromatic rings. The maximum absolute atomic E-state index is 5.53. The first-order valence-electron chi connectivity index (χ1n) is 4.45. The van der Waals surface area contributed by atoms with Crippen molar-refractivity contribution in [3.05, 3.63) is 6.33 Å². The first kappa shape index (κ1) is 10.4. The zero-order chi connectivity index (χ0) is 9.68. The predicted octanol–water partition coefficient (Wildman–Crippen LogP) is 0.959. The van der Waals surface area contributed by atoms with Gasteiger partial charge in [-0.1, -0.05) is 13.8 Å². The normalized spacial score (nSPS) is 10.8. The van der Waals surface area contributed by atoms with Gasteiger partial charge >= 0.3 is 0 Å². The van der Waals surface area contributed by atoms with Crippen molar-refractivity contribution >= 4 is 16.7 Å². The second-order valence-electron chi connectivity index (χ2n) is 3.35. The molecule has 0 aliphatic rings. The molecule has 13 heavy (non-hydrogen) atoms. The second kappa shape index (κ2) is 5.14. The molecule has 0 amide bonds. The largest absolute Gasteiger partial charge is 0.345 e. The molecule has 0 bridgehead atoms. The summed E-state index contributed by atoms with van der Waals surface area (Å²) in [6, 6.07) is 0. The van der Waals surface area contributed by atoms with Crippen LogP contribution in [0, 0.1) is 5.92 Å². The minimum Gasteiger partial charge on any atom is -0.345 e. The Balaban J connectivity index is 2.57. The number of nitrogens with two attached hydrogens (primary N) is 1. The Kier molecular flexibility index (Phi) is 4.11. The molecule has 0 aliphatic heterocycles. The van der Waals surface area contributed by atoms with Crippen molar-refractivity contribution < 1.29 is 0 Å². The maximum Gasteiger partial charge on any atom is 0.204 e. The molecule has 0 saturated carbocycles. The monoisotopic (exact) mass is 200 g/mol. The Morgan fingerprint density at radius 2 is 2.38 bits per heavy atom. The Labute approximate surface area is 82.9 Å². The van der Waals surface area contributed by atoms with E-state index in [1.165, 1.54) is 11.5 Å². The molecule has 0 spiro atoms. The topological polar surface area (TPSA) is 55.0 Å². The molecule has 74 valence electrons. The minimum absolute atomic E-state index is 0.621. The third-order valence-corrected chi connectivity index (χ3v) is 2.33. The summed E-state index contributed by atoms with van der Waals surface area (Å²) >= 11 is 1.42. The molecule has 0 radical (unpaired) electrons. The number of rotatable bonds is 5. The van der Waals surface area contributed by atoms with Crippen molar-refractivity contribution in [2.45, 2.75) is 13.8 Å². The number of nitrogens with zero attached hydrogens (tertiary/aromatic N) is 3. The summed E-state index contributed by atoms with van der Waals surface area (Å²) in [5, 5.41) is 0.971. The van der Waals surface area contributed by atoms with Gasteiger partial charge in [0.05, 0.1) is 0 Å². The van der Waals surface area contributed by atoms with Crippen molar-refractivity contribution in [2.24, 2.45) is 11.7 Å². The van der Waals surface area contributed by atoms with Gasteiger partial charge in [0.2, 0.25) is 5.13 Å². The molecule has 1 aromatic heterocycles. The van der Waals surface area contributed by atoms with Crippen LogP contribution in [-0.4, -0.2) is 29.0 Å². The molecule has 2 N–H and O–H groups in total. The van der Waals surface area contributed by atoms with Gasteiger partial charge in [-0.2, -0.15) is 4.37 Å². The van der Waals surface area contributed by atoms with Crippen LogP contribution < -0.4 is 10.6 Å². The fourth-order valence-electron chi connectivity index (χ4n) is 1.17. The van der Waals surface area contributed by atoms with Crippen LogP contribution in [0.2, 0.25) is 0 Å². The summed E-state index contributed by atoms with van der Waals surface area (Å²) in [4.78, 5) is 6.35. The van der Waals surface area contributed by atoms with Gasteiger partial charge in [0, 0.05) is 31.2 Å². The van der Waals surface area contributed by atoms with E-state index in [1.54, 1.807) is 6.33 Å².